The molecule has 2 rings (SSSR count). The molecule has 2 heterocycles. The van der Waals surface area contributed by atoms with Crippen LogP contribution < -0.4 is 4.72 Å². The third-order valence-corrected chi connectivity index (χ3v) is 6.60. The maximum absolute atomic E-state index is 12.1. The molecule has 1 aromatic heterocycles. The second-order valence-electron chi connectivity index (χ2n) is 5.53. The summed E-state index contributed by atoms with van der Waals surface area (Å²) in [6, 6.07) is 2.04. The third-order valence-electron chi connectivity index (χ3n) is 3.69. The first-order chi connectivity index (χ1) is 9.42. The zero-order chi connectivity index (χ0) is 14.8. The van der Waals surface area contributed by atoms with Gasteiger partial charge in [-0.15, -0.1) is 11.3 Å². The van der Waals surface area contributed by atoms with Crippen LogP contribution in [-0.4, -0.2) is 44.1 Å². The van der Waals surface area contributed by atoms with E-state index in [2.05, 4.69) is 23.5 Å². The first-order valence-corrected chi connectivity index (χ1v) is 9.20. The molecule has 7 heteroatoms. The van der Waals surface area contributed by atoms with Crippen LogP contribution in [0.2, 0.25) is 0 Å². The van der Waals surface area contributed by atoms with E-state index in [4.69, 9.17) is 5.11 Å². The number of nitrogens with one attached hydrogen (secondary N) is 1. The molecule has 0 aliphatic carbocycles. The van der Waals surface area contributed by atoms with Gasteiger partial charge < -0.3 is 10.0 Å². The summed E-state index contributed by atoms with van der Waals surface area (Å²) in [4.78, 5) is 2.37. The van der Waals surface area contributed by atoms with Crippen molar-refractivity contribution in [2.24, 2.45) is 5.92 Å². The molecule has 1 fully saturated rings. The number of hydrogen-bond donors (Lipinski definition) is 2. The standard InChI is InChI=1S/C13H22N2O3S2/c1-10(2)15-4-3-11(7-15)6-14-20(17,18)13-5-12(8-16)9-19-13/h5,9-11,14,16H,3-4,6-8H2,1-2H3. The van der Waals surface area contributed by atoms with Gasteiger partial charge in [-0.05, 0) is 49.7 Å². The molecule has 1 atom stereocenters. The van der Waals surface area contributed by atoms with Gasteiger partial charge in [0.05, 0.1) is 6.61 Å². The second-order valence-corrected chi connectivity index (χ2v) is 8.43. The zero-order valence-corrected chi connectivity index (χ0v) is 13.5. The fourth-order valence-corrected chi connectivity index (χ4v) is 4.74. The highest BCUT2D eigenvalue weighted by molar-refractivity contribution is 7.91. The van der Waals surface area contributed by atoms with Crippen molar-refractivity contribution in [1.29, 1.82) is 0 Å². The van der Waals surface area contributed by atoms with E-state index in [1.807, 2.05) is 0 Å². The van der Waals surface area contributed by atoms with Crippen LogP contribution in [0.15, 0.2) is 15.7 Å². The molecule has 0 spiro atoms. The van der Waals surface area contributed by atoms with Crippen LogP contribution in [0.3, 0.4) is 0 Å². The van der Waals surface area contributed by atoms with Gasteiger partial charge in [0, 0.05) is 19.1 Å². The minimum atomic E-state index is -3.44. The van der Waals surface area contributed by atoms with Crippen molar-refractivity contribution in [2.45, 2.75) is 37.1 Å². The van der Waals surface area contributed by atoms with Crippen molar-refractivity contribution >= 4 is 21.4 Å². The Balaban J connectivity index is 1.90. The number of likely N-dealkylation sites (tertiary alicyclic amines) is 1. The van der Waals surface area contributed by atoms with E-state index in [0.29, 0.717) is 24.1 Å². The summed E-state index contributed by atoms with van der Waals surface area (Å²) in [5.74, 6) is 0.379. The lowest BCUT2D eigenvalue weighted by atomic mass is 10.1. The van der Waals surface area contributed by atoms with Gasteiger partial charge in [-0.1, -0.05) is 0 Å². The number of rotatable bonds is 6. The van der Waals surface area contributed by atoms with Crippen LogP contribution in [0.4, 0.5) is 0 Å². The minimum absolute atomic E-state index is 0.127. The molecule has 20 heavy (non-hydrogen) atoms. The monoisotopic (exact) mass is 318 g/mol. The molecule has 1 saturated heterocycles. The van der Waals surface area contributed by atoms with E-state index in [-0.39, 0.29) is 10.8 Å². The number of hydrogen-bond acceptors (Lipinski definition) is 5. The van der Waals surface area contributed by atoms with Gasteiger partial charge in [-0.2, -0.15) is 0 Å². The molecule has 1 unspecified atom stereocenters. The Morgan fingerprint density at radius 2 is 2.30 bits per heavy atom. The fourth-order valence-electron chi connectivity index (χ4n) is 2.37. The number of aliphatic hydroxyl groups excluding tert-OH is 1. The van der Waals surface area contributed by atoms with Gasteiger partial charge in [0.15, 0.2) is 0 Å². The van der Waals surface area contributed by atoms with Gasteiger partial charge in [0.25, 0.3) is 0 Å². The Kier molecular flexibility index (Phi) is 5.19. The maximum atomic E-state index is 12.1. The molecule has 0 bridgehead atoms. The Bertz CT molecular complexity index is 540. The Morgan fingerprint density at radius 1 is 1.55 bits per heavy atom. The molecule has 2 N–H and O–H groups in total. The first-order valence-electron chi connectivity index (χ1n) is 6.84. The number of sulfonamides is 1. The minimum Gasteiger partial charge on any atom is -0.392 e. The summed E-state index contributed by atoms with van der Waals surface area (Å²) < 4.78 is 27.2. The van der Waals surface area contributed by atoms with Gasteiger partial charge in [0.1, 0.15) is 4.21 Å². The van der Waals surface area contributed by atoms with E-state index in [1.165, 1.54) is 6.07 Å². The SMILES string of the molecule is CC(C)N1CCC(CNS(=O)(=O)c2cc(CO)cs2)C1. The van der Waals surface area contributed by atoms with E-state index < -0.39 is 10.0 Å². The lowest BCUT2D eigenvalue weighted by Gasteiger charge is -2.20. The molecule has 0 radical (unpaired) electrons. The lowest BCUT2D eigenvalue weighted by molar-refractivity contribution is 0.265. The zero-order valence-electron chi connectivity index (χ0n) is 11.9. The summed E-state index contributed by atoms with van der Waals surface area (Å²) >= 11 is 1.15. The molecular weight excluding hydrogens is 296 g/mol. The van der Waals surface area contributed by atoms with Crippen molar-refractivity contribution < 1.29 is 13.5 Å². The topological polar surface area (TPSA) is 69.6 Å². The Morgan fingerprint density at radius 3 is 2.85 bits per heavy atom. The Hall–Kier alpha value is -0.470. The molecule has 5 nitrogen and oxygen atoms in total. The predicted molar refractivity (Wildman–Crippen MR) is 80.2 cm³/mol. The molecule has 0 amide bonds. The normalized spacial score (nSPS) is 20.9. The summed E-state index contributed by atoms with van der Waals surface area (Å²) in [5, 5.41) is 10.7. The molecule has 0 saturated carbocycles. The summed E-state index contributed by atoms with van der Waals surface area (Å²) in [5.41, 5.74) is 0.641. The average molecular weight is 318 g/mol. The van der Waals surface area contributed by atoms with Crippen LogP contribution in [0.25, 0.3) is 0 Å². The van der Waals surface area contributed by atoms with E-state index in [9.17, 15) is 8.42 Å². The highest BCUT2D eigenvalue weighted by Crippen LogP contribution is 2.22. The summed E-state index contributed by atoms with van der Waals surface area (Å²) in [6.07, 6.45) is 1.03. The molecule has 1 aliphatic rings. The largest absolute Gasteiger partial charge is 0.392 e. The second kappa shape index (κ2) is 6.53. The summed E-state index contributed by atoms with van der Waals surface area (Å²) in [6.45, 7) is 6.67. The Labute approximate surface area is 124 Å². The molecule has 1 aliphatic heterocycles. The smallest absolute Gasteiger partial charge is 0.250 e. The average Bonchev–Trinajstić information content (AvgIpc) is 3.05. The van der Waals surface area contributed by atoms with Crippen molar-refractivity contribution in [3.8, 4) is 0 Å². The van der Waals surface area contributed by atoms with Crippen LogP contribution in [-0.2, 0) is 16.6 Å². The third kappa shape index (κ3) is 3.79. The highest BCUT2D eigenvalue weighted by atomic mass is 32.2. The number of nitrogens with zero attached hydrogens (tertiary/aromatic N) is 1. The quantitative estimate of drug-likeness (QED) is 0.828. The van der Waals surface area contributed by atoms with E-state index in [0.717, 1.165) is 30.8 Å². The van der Waals surface area contributed by atoms with Crippen molar-refractivity contribution in [3.63, 3.8) is 0 Å². The molecule has 1 aromatic rings. The first kappa shape index (κ1) is 15.9. The fraction of sp³-hybridized carbons (Fsp3) is 0.692. The number of thiophene rings is 1. The van der Waals surface area contributed by atoms with Crippen LogP contribution in [0, 0.1) is 5.92 Å². The van der Waals surface area contributed by atoms with Crippen LogP contribution in [0.5, 0.6) is 0 Å². The highest BCUT2D eigenvalue weighted by Gasteiger charge is 2.26. The number of aliphatic hydroxyl groups is 1. The van der Waals surface area contributed by atoms with Crippen molar-refractivity contribution in [3.05, 3.63) is 17.0 Å². The van der Waals surface area contributed by atoms with Crippen LogP contribution in [0.1, 0.15) is 25.8 Å². The molecule has 0 aromatic carbocycles. The molecular formula is C13H22N2O3S2. The molecule has 114 valence electrons. The van der Waals surface area contributed by atoms with Gasteiger partial charge in [0.2, 0.25) is 10.0 Å². The summed E-state index contributed by atoms with van der Waals surface area (Å²) in [7, 11) is -3.44. The van der Waals surface area contributed by atoms with Crippen LogP contribution >= 0.6 is 11.3 Å². The predicted octanol–water partition coefficient (Wildman–Crippen LogP) is 1.25. The van der Waals surface area contributed by atoms with Gasteiger partial charge >= 0.3 is 0 Å². The van der Waals surface area contributed by atoms with Crippen molar-refractivity contribution in [1.82, 2.24) is 9.62 Å². The van der Waals surface area contributed by atoms with Crippen molar-refractivity contribution in [2.75, 3.05) is 19.6 Å². The van der Waals surface area contributed by atoms with E-state index in [1.54, 1.807) is 5.38 Å². The lowest BCUT2D eigenvalue weighted by Crippen LogP contribution is -2.32. The maximum Gasteiger partial charge on any atom is 0.250 e. The van der Waals surface area contributed by atoms with E-state index >= 15 is 0 Å². The van der Waals surface area contributed by atoms with Gasteiger partial charge in [-0.25, -0.2) is 13.1 Å². The van der Waals surface area contributed by atoms with Gasteiger partial charge in [-0.3, -0.25) is 0 Å².